The summed E-state index contributed by atoms with van der Waals surface area (Å²) in [5, 5.41) is 0.732. The van der Waals surface area contributed by atoms with Crippen LogP contribution in [0.3, 0.4) is 0 Å². The lowest BCUT2D eigenvalue weighted by Gasteiger charge is -2.18. The van der Waals surface area contributed by atoms with E-state index in [2.05, 4.69) is 0 Å². The molecule has 0 N–H and O–H groups in total. The fourth-order valence-corrected chi connectivity index (χ4v) is 2.16. The molecule has 0 saturated heterocycles. The first-order chi connectivity index (χ1) is 8.81. The average molecular weight is 279 g/mol. The predicted molar refractivity (Wildman–Crippen MR) is 77.3 cm³/mol. The number of benzene rings is 1. The Bertz CT molecular complexity index is 490. The molecule has 2 rings (SSSR count). The average Bonchev–Trinajstić information content (AvgIpc) is 3.06. The van der Waals surface area contributed by atoms with E-state index in [4.69, 9.17) is 16.3 Å². The predicted octanol–water partition coefficient (Wildman–Crippen LogP) is 4.27. The van der Waals surface area contributed by atoms with Crippen LogP contribution >= 0.6 is 11.6 Å². The third-order valence-electron chi connectivity index (χ3n) is 3.15. The van der Waals surface area contributed by atoms with Crippen molar-refractivity contribution >= 4 is 17.6 Å². The first-order valence-corrected chi connectivity index (χ1v) is 6.87. The molecule has 102 valence electrons. The van der Waals surface area contributed by atoms with Crippen LogP contribution in [0.5, 0.6) is 0 Å². The minimum absolute atomic E-state index is 0.00148. The summed E-state index contributed by atoms with van der Waals surface area (Å²) >= 11 is 5.89. The van der Waals surface area contributed by atoms with Gasteiger partial charge >= 0.3 is 5.97 Å². The summed E-state index contributed by atoms with van der Waals surface area (Å²) in [6, 6.07) is 7.82. The van der Waals surface area contributed by atoms with Crippen LogP contribution in [0.1, 0.15) is 39.2 Å². The zero-order chi connectivity index (χ0) is 14.1. The maximum atomic E-state index is 11.7. The lowest BCUT2D eigenvalue weighted by atomic mass is 9.95. The van der Waals surface area contributed by atoms with Crippen LogP contribution in [0.15, 0.2) is 36.4 Å². The molecule has 19 heavy (non-hydrogen) atoms. The van der Waals surface area contributed by atoms with Gasteiger partial charge in [0.2, 0.25) is 0 Å². The van der Waals surface area contributed by atoms with Gasteiger partial charge in [-0.3, -0.25) is 0 Å². The maximum Gasteiger partial charge on any atom is 0.330 e. The lowest BCUT2D eigenvalue weighted by molar-refractivity contribution is -0.148. The van der Waals surface area contributed by atoms with Crippen LogP contribution in [-0.2, 0) is 14.9 Å². The number of carbonyl (C=O) groups excluding carboxylic acids is 1. The molecule has 0 heterocycles. The largest absolute Gasteiger partial charge is 0.457 e. The number of ether oxygens (including phenoxy) is 1. The Balaban J connectivity index is 2.06. The van der Waals surface area contributed by atoms with E-state index in [1.807, 2.05) is 51.1 Å². The minimum Gasteiger partial charge on any atom is -0.457 e. The standard InChI is InChI=1S/C16H19ClO2/c1-15(2,3)19-14(18)8-9-16(10-11-16)12-4-6-13(17)7-5-12/h4-9H,10-11H2,1-3H3/b9-8+. The third kappa shape index (κ3) is 3.84. The van der Waals surface area contributed by atoms with Crippen molar-refractivity contribution in [2.45, 2.75) is 44.6 Å². The van der Waals surface area contributed by atoms with Gasteiger partial charge in [0, 0.05) is 16.5 Å². The number of hydrogen-bond donors (Lipinski definition) is 0. The Kier molecular flexibility index (Phi) is 3.73. The number of allylic oxidation sites excluding steroid dienone is 1. The number of carbonyl (C=O) groups is 1. The molecule has 1 aromatic rings. The zero-order valence-corrected chi connectivity index (χ0v) is 12.3. The van der Waals surface area contributed by atoms with E-state index in [0.717, 1.165) is 17.9 Å². The van der Waals surface area contributed by atoms with Crippen molar-refractivity contribution in [2.24, 2.45) is 0 Å². The molecule has 3 heteroatoms. The summed E-state index contributed by atoms with van der Waals surface area (Å²) in [5.41, 5.74) is 0.761. The molecule has 1 fully saturated rings. The summed E-state index contributed by atoms with van der Waals surface area (Å²) in [7, 11) is 0. The third-order valence-corrected chi connectivity index (χ3v) is 3.41. The number of hydrogen-bond acceptors (Lipinski definition) is 2. The number of halogens is 1. The van der Waals surface area contributed by atoms with Crippen molar-refractivity contribution in [1.29, 1.82) is 0 Å². The van der Waals surface area contributed by atoms with Gasteiger partial charge in [0.25, 0.3) is 0 Å². The van der Waals surface area contributed by atoms with E-state index in [1.165, 1.54) is 5.56 Å². The minimum atomic E-state index is -0.446. The van der Waals surface area contributed by atoms with Crippen LogP contribution in [0.25, 0.3) is 0 Å². The molecule has 0 atom stereocenters. The molecule has 0 amide bonds. The van der Waals surface area contributed by atoms with E-state index >= 15 is 0 Å². The van der Waals surface area contributed by atoms with Crippen LogP contribution < -0.4 is 0 Å². The van der Waals surface area contributed by atoms with E-state index in [1.54, 1.807) is 6.08 Å². The maximum absolute atomic E-state index is 11.7. The Morgan fingerprint density at radius 1 is 1.26 bits per heavy atom. The second-order valence-corrected chi connectivity index (χ2v) is 6.47. The molecule has 0 bridgehead atoms. The van der Waals surface area contributed by atoms with E-state index in [0.29, 0.717) is 0 Å². The smallest absolute Gasteiger partial charge is 0.330 e. The molecule has 2 nitrogen and oxygen atoms in total. The summed E-state index contributed by atoms with van der Waals surface area (Å²) in [4.78, 5) is 11.7. The Hall–Kier alpha value is -1.28. The summed E-state index contributed by atoms with van der Waals surface area (Å²) < 4.78 is 5.27. The molecule has 1 aliphatic rings. The fourth-order valence-electron chi connectivity index (χ4n) is 2.03. The summed E-state index contributed by atoms with van der Waals surface area (Å²) in [6.45, 7) is 5.60. The van der Waals surface area contributed by atoms with Gasteiger partial charge in [0.15, 0.2) is 0 Å². The van der Waals surface area contributed by atoms with Gasteiger partial charge in [-0.1, -0.05) is 29.8 Å². The van der Waals surface area contributed by atoms with Crippen molar-refractivity contribution in [3.05, 3.63) is 47.0 Å². The Labute approximate surface area is 119 Å². The highest BCUT2D eigenvalue weighted by molar-refractivity contribution is 6.30. The summed E-state index contributed by atoms with van der Waals surface area (Å²) in [6.07, 6.45) is 5.64. The lowest BCUT2D eigenvalue weighted by Crippen LogP contribution is -2.22. The first-order valence-electron chi connectivity index (χ1n) is 6.49. The van der Waals surface area contributed by atoms with Crippen molar-refractivity contribution in [3.63, 3.8) is 0 Å². The molecule has 1 aromatic carbocycles. The fraction of sp³-hybridized carbons (Fsp3) is 0.438. The van der Waals surface area contributed by atoms with Gasteiger partial charge in [0.05, 0.1) is 0 Å². The molecule has 1 aliphatic carbocycles. The summed E-state index contributed by atoms with van der Waals surface area (Å²) in [5.74, 6) is -0.285. The van der Waals surface area contributed by atoms with Gasteiger partial charge in [-0.15, -0.1) is 0 Å². The molecule has 0 unspecified atom stereocenters. The van der Waals surface area contributed by atoms with Gasteiger partial charge in [-0.05, 0) is 51.3 Å². The SMILES string of the molecule is CC(C)(C)OC(=O)/C=C/C1(c2ccc(Cl)cc2)CC1. The van der Waals surface area contributed by atoms with Gasteiger partial charge in [-0.25, -0.2) is 4.79 Å². The number of esters is 1. The number of rotatable bonds is 3. The Morgan fingerprint density at radius 3 is 2.32 bits per heavy atom. The van der Waals surface area contributed by atoms with Gasteiger partial charge in [-0.2, -0.15) is 0 Å². The normalized spacial score (nSPS) is 17.5. The highest BCUT2D eigenvalue weighted by Gasteiger charge is 2.41. The first kappa shape index (κ1) is 14.1. The van der Waals surface area contributed by atoms with E-state index < -0.39 is 5.60 Å². The molecule has 0 aliphatic heterocycles. The molecule has 0 aromatic heterocycles. The Morgan fingerprint density at radius 2 is 1.84 bits per heavy atom. The van der Waals surface area contributed by atoms with E-state index in [9.17, 15) is 4.79 Å². The van der Waals surface area contributed by atoms with Gasteiger partial charge in [0.1, 0.15) is 5.60 Å². The molecule has 1 saturated carbocycles. The second-order valence-electron chi connectivity index (χ2n) is 6.03. The van der Waals surface area contributed by atoms with Crippen LogP contribution in [0.4, 0.5) is 0 Å². The second kappa shape index (κ2) is 5.01. The van der Waals surface area contributed by atoms with Crippen molar-refractivity contribution < 1.29 is 9.53 Å². The van der Waals surface area contributed by atoms with Crippen LogP contribution in [0, 0.1) is 0 Å². The van der Waals surface area contributed by atoms with Crippen molar-refractivity contribution in [3.8, 4) is 0 Å². The molecular formula is C16H19ClO2. The van der Waals surface area contributed by atoms with Crippen molar-refractivity contribution in [2.75, 3.05) is 0 Å². The van der Waals surface area contributed by atoms with Crippen molar-refractivity contribution in [1.82, 2.24) is 0 Å². The highest BCUT2D eigenvalue weighted by Crippen LogP contribution is 2.49. The molecule has 0 radical (unpaired) electrons. The quantitative estimate of drug-likeness (QED) is 0.610. The molecule has 0 spiro atoms. The van der Waals surface area contributed by atoms with E-state index in [-0.39, 0.29) is 11.4 Å². The topological polar surface area (TPSA) is 26.3 Å². The monoisotopic (exact) mass is 278 g/mol. The highest BCUT2D eigenvalue weighted by atomic mass is 35.5. The van der Waals surface area contributed by atoms with Crippen LogP contribution in [0.2, 0.25) is 5.02 Å². The molecular weight excluding hydrogens is 260 g/mol. The van der Waals surface area contributed by atoms with Gasteiger partial charge < -0.3 is 4.74 Å². The zero-order valence-electron chi connectivity index (χ0n) is 11.6. The van der Waals surface area contributed by atoms with Crippen LogP contribution in [-0.4, -0.2) is 11.6 Å².